The number of benzene rings is 2. The van der Waals surface area contributed by atoms with Crippen LogP contribution in [0.15, 0.2) is 42.5 Å². The van der Waals surface area contributed by atoms with Gasteiger partial charge in [-0.1, -0.05) is 51.7 Å². The third kappa shape index (κ3) is 9.11. The van der Waals surface area contributed by atoms with E-state index in [9.17, 15) is 9.59 Å². The maximum absolute atomic E-state index is 12.3. The van der Waals surface area contributed by atoms with Gasteiger partial charge in [-0.15, -0.1) is 0 Å². The summed E-state index contributed by atoms with van der Waals surface area (Å²) in [5, 5.41) is 8.86. The Kier molecular flexibility index (Phi) is 10.4. The van der Waals surface area contributed by atoms with Crippen LogP contribution in [0.2, 0.25) is 0 Å². The average molecular weight is 426 g/mol. The molecule has 168 valence electrons. The Bertz CT molecular complexity index is 852. The molecule has 0 fully saturated rings. The van der Waals surface area contributed by atoms with Gasteiger partial charge in [0.2, 0.25) is 11.8 Å². The van der Waals surface area contributed by atoms with E-state index in [0.29, 0.717) is 18.7 Å². The van der Waals surface area contributed by atoms with E-state index in [1.54, 1.807) is 0 Å². The zero-order chi connectivity index (χ0) is 22.5. The second kappa shape index (κ2) is 13.3. The van der Waals surface area contributed by atoms with Gasteiger partial charge in [0.1, 0.15) is 5.75 Å². The molecule has 0 saturated carbocycles. The molecule has 6 heteroatoms. The summed E-state index contributed by atoms with van der Waals surface area (Å²) in [6.07, 6.45) is 6.39. The third-order valence-corrected chi connectivity index (χ3v) is 4.92. The van der Waals surface area contributed by atoms with Gasteiger partial charge in [0, 0.05) is 29.5 Å². The van der Waals surface area contributed by atoms with Crippen LogP contribution >= 0.6 is 0 Å². The van der Waals surface area contributed by atoms with Gasteiger partial charge >= 0.3 is 0 Å². The lowest BCUT2D eigenvalue weighted by Gasteiger charge is -2.12. The molecule has 31 heavy (non-hydrogen) atoms. The Labute approximate surface area is 185 Å². The van der Waals surface area contributed by atoms with E-state index in [1.165, 1.54) is 25.7 Å². The minimum absolute atomic E-state index is 0.0407. The maximum atomic E-state index is 12.3. The average Bonchev–Trinajstić information content (AvgIpc) is 2.77. The van der Waals surface area contributed by atoms with Crippen LogP contribution in [0, 0.1) is 6.92 Å². The zero-order valence-corrected chi connectivity index (χ0v) is 18.9. The first kappa shape index (κ1) is 24.3. The van der Waals surface area contributed by atoms with Gasteiger partial charge in [-0.3, -0.25) is 9.59 Å². The number of amides is 2. The molecule has 0 aliphatic rings. The molecule has 6 nitrogen and oxygen atoms in total. The normalized spacial score (nSPS) is 10.4. The second-order valence-corrected chi connectivity index (χ2v) is 7.62. The third-order valence-electron chi connectivity index (χ3n) is 4.92. The van der Waals surface area contributed by atoms with E-state index in [1.807, 2.05) is 56.3 Å². The number of ether oxygens (including phenoxy) is 1. The summed E-state index contributed by atoms with van der Waals surface area (Å²) >= 11 is 0. The summed E-state index contributed by atoms with van der Waals surface area (Å²) in [7, 11) is 0. The summed E-state index contributed by atoms with van der Waals surface area (Å²) in [4.78, 5) is 24.0. The quantitative estimate of drug-likeness (QED) is 0.357. The highest BCUT2D eigenvalue weighted by Crippen LogP contribution is 2.21. The second-order valence-electron chi connectivity index (χ2n) is 7.62. The van der Waals surface area contributed by atoms with Crippen molar-refractivity contribution in [2.24, 2.45) is 0 Å². The highest BCUT2D eigenvalue weighted by Gasteiger charge is 2.07. The molecule has 0 heterocycles. The molecule has 3 N–H and O–H groups in total. The van der Waals surface area contributed by atoms with Crippen LogP contribution in [0.4, 0.5) is 17.1 Å². The van der Waals surface area contributed by atoms with Crippen molar-refractivity contribution >= 4 is 28.9 Å². The number of hydrogen-bond acceptors (Lipinski definition) is 4. The molecule has 2 aromatic rings. The number of unbranched alkanes of at least 4 members (excludes halogenated alkanes) is 4. The first-order valence-electron chi connectivity index (χ1n) is 11.2. The minimum atomic E-state index is -0.156. The van der Waals surface area contributed by atoms with Crippen LogP contribution < -0.4 is 20.7 Å². The van der Waals surface area contributed by atoms with E-state index in [0.717, 1.165) is 29.1 Å². The SMILES string of the molecule is CCCCCCCOc1cccc(NC(=O)CNc2ccc(C)c(NC(=O)CC)c2)c1. The van der Waals surface area contributed by atoms with Crippen LogP contribution in [0.25, 0.3) is 0 Å². The van der Waals surface area contributed by atoms with E-state index in [-0.39, 0.29) is 18.4 Å². The zero-order valence-electron chi connectivity index (χ0n) is 18.9. The number of carbonyl (C=O) groups excluding carboxylic acids is 2. The van der Waals surface area contributed by atoms with Crippen molar-refractivity contribution in [1.29, 1.82) is 0 Å². The van der Waals surface area contributed by atoms with Gasteiger partial charge < -0.3 is 20.7 Å². The summed E-state index contributed by atoms with van der Waals surface area (Å²) in [6.45, 7) is 6.75. The lowest BCUT2D eigenvalue weighted by atomic mass is 10.1. The van der Waals surface area contributed by atoms with Crippen molar-refractivity contribution in [1.82, 2.24) is 0 Å². The fourth-order valence-electron chi connectivity index (χ4n) is 3.05. The van der Waals surface area contributed by atoms with Crippen LogP contribution in [0.3, 0.4) is 0 Å². The van der Waals surface area contributed by atoms with Crippen LogP contribution in [0.5, 0.6) is 5.75 Å². The minimum Gasteiger partial charge on any atom is -0.494 e. The van der Waals surface area contributed by atoms with E-state index < -0.39 is 0 Å². The Hall–Kier alpha value is -3.02. The number of aryl methyl sites for hydroxylation is 1. The standard InChI is InChI=1S/C25H35N3O3/c1-4-6-7-8-9-15-31-22-12-10-11-21(16-22)27-25(30)18-26-20-14-13-19(3)23(17-20)28-24(29)5-2/h10-14,16-17,26H,4-9,15,18H2,1-3H3,(H,27,30)(H,28,29). The number of nitrogens with one attached hydrogen (secondary N) is 3. The highest BCUT2D eigenvalue weighted by atomic mass is 16.5. The van der Waals surface area contributed by atoms with Crippen molar-refractivity contribution in [2.45, 2.75) is 59.3 Å². The van der Waals surface area contributed by atoms with Gasteiger partial charge in [0.05, 0.1) is 13.2 Å². The Morgan fingerprint density at radius 3 is 2.45 bits per heavy atom. The molecule has 0 bridgehead atoms. The molecule has 0 aromatic heterocycles. The molecule has 0 spiro atoms. The van der Waals surface area contributed by atoms with Crippen molar-refractivity contribution in [3.63, 3.8) is 0 Å². The fraction of sp³-hybridized carbons (Fsp3) is 0.440. The van der Waals surface area contributed by atoms with Crippen LogP contribution in [-0.2, 0) is 9.59 Å². The molecular weight excluding hydrogens is 390 g/mol. The van der Waals surface area contributed by atoms with Crippen molar-refractivity contribution in [3.05, 3.63) is 48.0 Å². The predicted molar refractivity (Wildman–Crippen MR) is 128 cm³/mol. The first-order chi connectivity index (χ1) is 15.0. The van der Waals surface area contributed by atoms with Gasteiger partial charge in [-0.05, 0) is 43.2 Å². The van der Waals surface area contributed by atoms with Crippen molar-refractivity contribution in [3.8, 4) is 5.75 Å². The number of anilines is 3. The van der Waals surface area contributed by atoms with E-state index >= 15 is 0 Å². The first-order valence-corrected chi connectivity index (χ1v) is 11.2. The summed E-state index contributed by atoms with van der Waals surface area (Å²) in [5.41, 5.74) is 3.19. The molecule has 0 atom stereocenters. The van der Waals surface area contributed by atoms with Crippen molar-refractivity contribution in [2.75, 3.05) is 29.1 Å². The smallest absolute Gasteiger partial charge is 0.243 e. The largest absolute Gasteiger partial charge is 0.494 e. The number of rotatable bonds is 13. The Balaban J connectivity index is 1.81. The van der Waals surface area contributed by atoms with E-state index in [2.05, 4.69) is 22.9 Å². The van der Waals surface area contributed by atoms with E-state index in [4.69, 9.17) is 4.74 Å². The van der Waals surface area contributed by atoms with Gasteiger partial charge in [-0.25, -0.2) is 0 Å². The molecule has 2 rings (SSSR count). The monoisotopic (exact) mass is 425 g/mol. The molecule has 0 saturated heterocycles. The van der Waals surface area contributed by atoms with Gasteiger partial charge in [-0.2, -0.15) is 0 Å². The fourth-order valence-corrected chi connectivity index (χ4v) is 3.05. The molecule has 2 amide bonds. The van der Waals surface area contributed by atoms with Crippen LogP contribution in [0.1, 0.15) is 57.9 Å². The number of hydrogen-bond donors (Lipinski definition) is 3. The molecule has 2 aromatic carbocycles. The Morgan fingerprint density at radius 1 is 0.871 bits per heavy atom. The molecule has 0 aliphatic carbocycles. The molecule has 0 unspecified atom stereocenters. The van der Waals surface area contributed by atoms with Gasteiger partial charge in [0.25, 0.3) is 0 Å². The predicted octanol–water partition coefficient (Wildman–Crippen LogP) is 5.74. The lowest BCUT2D eigenvalue weighted by Crippen LogP contribution is -2.22. The topological polar surface area (TPSA) is 79.5 Å². The van der Waals surface area contributed by atoms with Crippen LogP contribution in [-0.4, -0.2) is 25.0 Å². The number of carbonyl (C=O) groups is 2. The lowest BCUT2D eigenvalue weighted by molar-refractivity contribution is -0.116. The maximum Gasteiger partial charge on any atom is 0.243 e. The highest BCUT2D eigenvalue weighted by molar-refractivity contribution is 5.94. The summed E-state index contributed by atoms with van der Waals surface area (Å²) in [5.74, 6) is 0.564. The van der Waals surface area contributed by atoms with Gasteiger partial charge in [0.15, 0.2) is 0 Å². The summed E-state index contributed by atoms with van der Waals surface area (Å²) in [6, 6.07) is 13.1. The van der Waals surface area contributed by atoms with Crippen molar-refractivity contribution < 1.29 is 14.3 Å². The Morgan fingerprint density at radius 2 is 1.68 bits per heavy atom. The molecule has 0 aliphatic heterocycles. The molecule has 0 radical (unpaired) electrons. The summed E-state index contributed by atoms with van der Waals surface area (Å²) < 4.78 is 5.80. The molecular formula is C25H35N3O3.